The van der Waals surface area contributed by atoms with Crippen molar-refractivity contribution in [3.8, 4) is 6.07 Å². The van der Waals surface area contributed by atoms with E-state index in [9.17, 15) is 9.59 Å². The van der Waals surface area contributed by atoms with Gasteiger partial charge >= 0.3 is 6.09 Å². The maximum absolute atomic E-state index is 11.7. The standard InChI is InChI=1S/C16H19N3O3/c17-10-14(9-13-7-4-8-18-15(13)20)19-16(21)22-11-12-5-2-1-3-6-12/h1-3,5-6,13-14H,4,7-9,11H2,(H,18,20)(H,19,21)/t13?,14-/m0/s1. The lowest BCUT2D eigenvalue weighted by Crippen LogP contribution is -2.42. The largest absolute Gasteiger partial charge is 0.445 e. The Balaban J connectivity index is 1.78. The maximum atomic E-state index is 11.7. The van der Waals surface area contributed by atoms with Crippen LogP contribution in [0.3, 0.4) is 0 Å². The van der Waals surface area contributed by atoms with Crippen LogP contribution in [0.5, 0.6) is 0 Å². The fraction of sp³-hybridized carbons (Fsp3) is 0.438. The van der Waals surface area contributed by atoms with Crippen LogP contribution < -0.4 is 10.6 Å². The van der Waals surface area contributed by atoms with Crippen LogP contribution in [-0.2, 0) is 16.1 Å². The molecule has 1 aliphatic heterocycles. The van der Waals surface area contributed by atoms with Crippen molar-refractivity contribution in [2.75, 3.05) is 6.54 Å². The van der Waals surface area contributed by atoms with Gasteiger partial charge in [-0.05, 0) is 24.8 Å². The smallest absolute Gasteiger partial charge is 0.408 e. The molecule has 1 aromatic carbocycles. The van der Waals surface area contributed by atoms with Crippen molar-refractivity contribution < 1.29 is 14.3 Å². The quantitative estimate of drug-likeness (QED) is 0.866. The van der Waals surface area contributed by atoms with Gasteiger partial charge in [-0.25, -0.2) is 4.79 Å². The van der Waals surface area contributed by atoms with E-state index in [1.54, 1.807) is 0 Å². The Hall–Kier alpha value is -2.55. The summed E-state index contributed by atoms with van der Waals surface area (Å²) in [4.78, 5) is 23.4. The normalized spacial score (nSPS) is 18.7. The number of carbonyl (C=O) groups excluding carboxylic acids is 2. The fourth-order valence-electron chi connectivity index (χ4n) is 2.40. The fourth-order valence-corrected chi connectivity index (χ4v) is 2.40. The molecule has 116 valence electrons. The van der Waals surface area contributed by atoms with Crippen LogP contribution in [0.4, 0.5) is 4.79 Å². The lowest BCUT2D eigenvalue weighted by atomic mass is 9.92. The average Bonchev–Trinajstić information content (AvgIpc) is 2.55. The van der Waals surface area contributed by atoms with Crippen molar-refractivity contribution in [3.05, 3.63) is 35.9 Å². The Kier molecular flexibility index (Phi) is 5.78. The van der Waals surface area contributed by atoms with Crippen molar-refractivity contribution in [2.24, 2.45) is 5.92 Å². The minimum absolute atomic E-state index is 0.0500. The molecule has 0 spiro atoms. The number of nitriles is 1. The summed E-state index contributed by atoms with van der Waals surface area (Å²) in [6, 6.07) is 10.6. The lowest BCUT2D eigenvalue weighted by Gasteiger charge is -2.23. The number of ether oxygens (including phenoxy) is 1. The van der Waals surface area contributed by atoms with Crippen LogP contribution in [-0.4, -0.2) is 24.6 Å². The molecule has 1 aliphatic rings. The number of piperidine rings is 1. The molecule has 0 aliphatic carbocycles. The second kappa shape index (κ2) is 8.03. The summed E-state index contributed by atoms with van der Waals surface area (Å²) in [6.07, 6.45) is 1.30. The molecule has 1 fully saturated rings. The molecule has 1 saturated heterocycles. The number of hydrogen-bond donors (Lipinski definition) is 2. The van der Waals surface area contributed by atoms with E-state index >= 15 is 0 Å². The number of nitrogens with zero attached hydrogens (tertiary/aromatic N) is 1. The first-order valence-corrected chi connectivity index (χ1v) is 7.33. The van der Waals surface area contributed by atoms with Gasteiger partial charge in [0.15, 0.2) is 0 Å². The molecule has 1 unspecified atom stereocenters. The van der Waals surface area contributed by atoms with Crippen LogP contribution >= 0.6 is 0 Å². The third-order valence-corrected chi connectivity index (χ3v) is 3.58. The SMILES string of the molecule is N#C[C@H](CC1CCCNC1=O)NC(=O)OCc1ccccc1. The highest BCUT2D eigenvalue weighted by atomic mass is 16.5. The predicted octanol–water partition coefficient (Wildman–Crippen LogP) is 1.72. The predicted molar refractivity (Wildman–Crippen MR) is 79.5 cm³/mol. The van der Waals surface area contributed by atoms with Crippen molar-refractivity contribution in [3.63, 3.8) is 0 Å². The molecule has 0 aromatic heterocycles. The highest BCUT2D eigenvalue weighted by Gasteiger charge is 2.26. The molecule has 22 heavy (non-hydrogen) atoms. The van der Waals surface area contributed by atoms with E-state index in [2.05, 4.69) is 10.6 Å². The summed E-state index contributed by atoms with van der Waals surface area (Å²) < 4.78 is 5.07. The molecular weight excluding hydrogens is 282 g/mol. The number of amides is 2. The van der Waals surface area contributed by atoms with Gasteiger partial charge in [0, 0.05) is 12.5 Å². The van der Waals surface area contributed by atoms with Gasteiger partial charge in [0.2, 0.25) is 5.91 Å². The van der Waals surface area contributed by atoms with Gasteiger partial charge in [0.25, 0.3) is 0 Å². The van der Waals surface area contributed by atoms with E-state index < -0.39 is 12.1 Å². The van der Waals surface area contributed by atoms with Crippen LogP contribution in [0.1, 0.15) is 24.8 Å². The summed E-state index contributed by atoms with van der Waals surface area (Å²) in [6.45, 7) is 0.827. The van der Waals surface area contributed by atoms with Crippen molar-refractivity contribution in [2.45, 2.75) is 31.9 Å². The molecule has 0 radical (unpaired) electrons. The van der Waals surface area contributed by atoms with E-state index in [1.807, 2.05) is 36.4 Å². The molecule has 1 heterocycles. The van der Waals surface area contributed by atoms with Crippen molar-refractivity contribution in [1.82, 2.24) is 10.6 Å². The Bertz CT molecular complexity index is 554. The van der Waals surface area contributed by atoms with Gasteiger partial charge in [0.1, 0.15) is 12.6 Å². The minimum atomic E-state index is -0.725. The summed E-state index contributed by atoms with van der Waals surface area (Å²) in [7, 11) is 0. The summed E-state index contributed by atoms with van der Waals surface area (Å²) in [5, 5.41) is 14.4. The summed E-state index contributed by atoms with van der Waals surface area (Å²) in [5.41, 5.74) is 0.873. The average molecular weight is 301 g/mol. The van der Waals surface area contributed by atoms with Gasteiger partial charge in [0.05, 0.1) is 6.07 Å². The Morgan fingerprint density at radius 1 is 1.45 bits per heavy atom. The zero-order chi connectivity index (χ0) is 15.8. The number of alkyl carbamates (subject to hydrolysis) is 1. The van der Waals surface area contributed by atoms with Gasteiger partial charge in [-0.15, -0.1) is 0 Å². The van der Waals surface area contributed by atoms with Crippen LogP contribution in [0.25, 0.3) is 0 Å². The molecule has 1 aromatic rings. The molecule has 0 bridgehead atoms. The number of nitrogens with one attached hydrogen (secondary N) is 2. The van der Waals surface area contributed by atoms with Gasteiger partial charge in [-0.2, -0.15) is 5.26 Å². The number of hydrogen-bond acceptors (Lipinski definition) is 4. The monoisotopic (exact) mass is 301 g/mol. The topological polar surface area (TPSA) is 91.2 Å². The first-order chi connectivity index (χ1) is 10.7. The Morgan fingerprint density at radius 2 is 2.23 bits per heavy atom. The second-order valence-corrected chi connectivity index (χ2v) is 5.25. The minimum Gasteiger partial charge on any atom is -0.445 e. The Morgan fingerprint density at radius 3 is 2.91 bits per heavy atom. The van der Waals surface area contributed by atoms with Crippen molar-refractivity contribution in [1.29, 1.82) is 5.26 Å². The molecule has 2 amide bonds. The molecule has 6 nitrogen and oxygen atoms in total. The number of carbonyl (C=O) groups is 2. The van der Waals surface area contributed by atoms with Crippen LogP contribution in [0.2, 0.25) is 0 Å². The zero-order valence-corrected chi connectivity index (χ0v) is 12.2. The molecule has 2 atom stereocenters. The van der Waals surface area contributed by atoms with E-state index in [4.69, 9.17) is 10.00 Å². The lowest BCUT2D eigenvalue weighted by molar-refractivity contribution is -0.126. The second-order valence-electron chi connectivity index (χ2n) is 5.25. The third-order valence-electron chi connectivity index (χ3n) is 3.58. The highest BCUT2D eigenvalue weighted by Crippen LogP contribution is 2.17. The number of benzene rings is 1. The van der Waals surface area contributed by atoms with Crippen LogP contribution in [0.15, 0.2) is 30.3 Å². The molecule has 2 N–H and O–H groups in total. The van der Waals surface area contributed by atoms with E-state index in [0.29, 0.717) is 13.0 Å². The Labute approximate surface area is 129 Å². The van der Waals surface area contributed by atoms with E-state index in [1.165, 1.54) is 0 Å². The molecule has 6 heteroatoms. The molecule has 2 rings (SSSR count). The van der Waals surface area contributed by atoms with Gasteiger partial charge in [-0.1, -0.05) is 30.3 Å². The maximum Gasteiger partial charge on any atom is 0.408 e. The van der Waals surface area contributed by atoms with Crippen molar-refractivity contribution >= 4 is 12.0 Å². The van der Waals surface area contributed by atoms with E-state index in [0.717, 1.165) is 18.4 Å². The summed E-state index contributed by atoms with van der Waals surface area (Å²) in [5.74, 6) is -0.279. The highest BCUT2D eigenvalue weighted by molar-refractivity contribution is 5.79. The van der Waals surface area contributed by atoms with Gasteiger partial charge < -0.3 is 15.4 Å². The zero-order valence-electron chi connectivity index (χ0n) is 12.2. The van der Waals surface area contributed by atoms with E-state index in [-0.39, 0.29) is 18.4 Å². The third kappa shape index (κ3) is 4.77. The van der Waals surface area contributed by atoms with Crippen LogP contribution in [0, 0.1) is 17.2 Å². The van der Waals surface area contributed by atoms with Gasteiger partial charge in [-0.3, -0.25) is 4.79 Å². The first-order valence-electron chi connectivity index (χ1n) is 7.33. The number of rotatable bonds is 5. The molecule has 0 saturated carbocycles. The first kappa shape index (κ1) is 15.8. The summed E-state index contributed by atoms with van der Waals surface area (Å²) >= 11 is 0. The molecular formula is C16H19N3O3.